The van der Waals surface area contributed by atoms with Gasteiger partial charge < -0.3 is 4.74 Å². The van der Waals surface area contributed by atoms with Crippen LogP contribution in [0.1, 0.15) is 30.9 Å². The molecule has 1 aromatic carbocycles. The van der Waals surface area contributed by atoms with E-state index in [1.807, 2.05) is 0 Å². The largest absolute Gasteiger partial charge is 0.496 e. The van der Waals surface area contributed by atoms with E-state index in [4.69, 9.17) is 4.74 Å². The number of hydrogen-bond acceptors (Lipinski definition) is 3. The Kier molecular flexibility index (Phi) is 3.57. The van der Waals surface area contributed by atoms with Gasteiger partial charge in [0.1, 0.15) is 10.6 Å². The number of halogens is 1. The lowest BCUT2D eigenvalue weighted by molar-refractivity contribution is 0.410. The minimum atomic E-state index is -4.68. The molecule has 0 heterocycles. The second-order valence-electron chi connectivity index (χ2n) is 3.95. The van der Waals surface area contributed by atoms with Crippen molar-refractivity contribution in [1.82, 2.24) is 0 Å². The summed E-state index contributed by atoms with van der Waals surface area (Å²) in [7, 11) is -3.19. The third-order valence-electron chi connectivity index (χ3n) is 2.41. The van der Waals surface area contributed by atoms with Gasteiger partial charge in [-0.15, -0.1) is 3.89 Å². The Morgan fingerprint density at radius 3 is 2.25 bits per heavy atom. The minimum absolute atomic E-state index is 0.0879. The summed E-state index contributed by atoms with van der Waals surface area (Å²) >= 11 is 0. The molecule has 0 aliphatic heterocycles. The van der Waals surface area contributed by atoms with E-state index in [-0.39, 0.29) is 10.8 Å². The first-order valence-electron chi connectivity index (χ1n) is 4.90. The standard InChI is InChI=1S/C11H15FO3S/c1-7(2)9-6-10(15-4)8(3)5-11(9)16(12,13)14/h5-7H,1-4H3. The molecular formula is C11H15FO3S. The molecule has 0 N–H and O–H groups in total. The first kappa shape index (κ1) is 13.0. The van der Waals surface area contributed by atoms with Crippen molar-refractivity contribution in [3.63, 3.8) is 0 Å². The van der Waals surface area contributed by atoms with Gasteiger partial charge in [0.15, 0.2) is 0 Å². The Hall–Kier alpha value is -1.10. The number of hydrogen-bond donors (Lipinski definition) is 0. The zero-order valence-corrected chi connectivity index (χ0v) is 10.6. The lowest BCUT2D eigenvalue weighted by atomic mass is 10.0. The summed E-state index contributed by atoms with van der Waals surface area (Å²) in [5.41, 5.74) is 1.04. The molecule has 0 saturated carbocycles. The molecule has 1 rings (SSSR count). The quantitative estimate of drug-likeness (QED) is 0.770. The molecule has 5 heteroatoms. The second kappa shape index (κ2) is 4.41. The van der Waals surface area contributed by atoms with E-state index in [9.17, 15) is 12.3 Å². The highest BCUT2D eigenvalue weighted by molar-refractivity contribution is 7.86. The third kappa shape index (κ3) is 2.52. The van der Waals surface area contributed by atoms with Crippen molar-refractivity contribution in [1.29, 1.82) is 0 Å². The van der Waals surface area contributed by atoms with Gasteiger partial charge in [0.2, 0.25) is 0 Å². The molecule has 0 atom stereocenters. The number of rotatable bonds is 3. The van der Waals surface area contributed by atoms with Gasteiger partial charge in [-0.2, -0.15) is 8.42 Å². The van der Waals surface area contributed by atoms with Gasteiger partial charge >= 0.3 is 10.2 Å². The monoisotopic (exact) mass is 246 g/mol. The molecule has 0 radical (unpaired) electrons. The molecule has 0 amide bonds. The fraction of sp³-hybridized carbons (Fsp3) is 0.455. The second-order valence-corrected chi connectivity index (χ2v) is 5.27. The summed E-state index contributed by atoms with van der Waals surface area (Å²) in [6.45, 7) is 5.29. The zero-order valence-electron chi connectivity index (χ0n) is 9.74. The summed E-state index contributed by atoms with van der Waals surface area (Å²) in [6.07, 6.45) is 0. The zero-order chi connectivity index (χ0) is 12.5. The third-order valence-corrected chi connectivity index (χ3v) is 3.29. The Morgan fingerprint density at radius 2 is 1.88 bits per heavy atom. The molecule has 0 fully saturated rings. The summed E-state index contributed by atoms with van der Waals surface area (Å²) in [5.74, 6) is 0.478. The molecule has 0 spiro atoms. The average Bonchev–Trinajstić information content (AvgIpc) is 2.15. The molecule has 3 nitrogen and oxygen atoms in total. The van der Waals surface area contributed by atoms with E-state index < -0.39 is 10.2 Å². The van der Waals surface area contributed by atoms with Crippen LogP contribution in [0.5, 0.6) is 5.75 Å². The van der Waals surface area contributed by atoms with E-state index in [1.54, 1.807) is 26.8 Å². The minimum Gasteiger partial charge on any atom is -0.496 e. The highest BCUT2D eigenvalue weighted by Crippen LogP contribution is 2.31. The van der Waals surface area contributed by atoms with Crippen molar-refractivity contribution in [2.75, 3.05) is 7.11 Å². The van der Waals surface area contributed by atoms with Crippen LogP contribution >= 0.6 is 0 Å². The Bertz CT molecular complexity index is 492. The highest BCUT2D eigenvalue weighted by atomic mass is 32.3. The average molecular weight is 246 g/mol. The molecule has 0 aliphatic carbocycles. The van der Waals surface area contributed by atoms with Gasteiger partial charge in [0.05, 0.1) is 7.11 Å². The Morgan fingerprint density at radius 1 is 1.31 bits per heavy atom. The maximum atomic E-state index is 13.1. The molecule has 0 bridgehead atoms. The number of methoxy groups -OCH3 is 1. The van der Waals surface area contributed by atoms with Gasteiger partial charge in [0, 0.05) is 0 Å². The van der Waals surface area contributed by atoms with Crippen LogP contribution in [0.15, 0.2) is 17.0 Å². The van der Waals surface area contributed by atoms with E-state index in [2.05, 4.69) is 0 Å². The topological polar surface area (TPSA) is 43.4 Å². The van der Waals surface area contributed by atoms with Gasteiger partial charge in [-0.05, 0) is 36.1 Å². The highest BCUT2D eigenvalue weighted by Gasteiger charge is 2.21. The van der Waals surface area contributed by atoms with Crippen molar-refractivity contribution in [2.24, 2.45) is 0 Å². The predicted octanol–water partition coefficient (Wildman–Crippen LogP) is 2.79. The Labute approximate surface area is 95.5 Å². The maximum Gasteiger partial charge on any atom is 0.332 e. The number of aryl methyl sites for hydroxylation is 1. The van der Waals surface area contributed by atoms with Crippen LogP contribution in [-0.2, 0) is 10.2 Å². The molecule has 0 saturated heterocycles. The molecular weight excluding hydrogens is 231 g/mol. The van der Waals surface area contributed by atoms with Crippen LogP contribution < -0.4 is 4.74 Å². The van der Waals surface area contributed by atoms with Crippen molar-refractivity contribution < 1.29 is 17.0 Å². The number of benzene rings is 1. The van der Waals surface area contributed by atoms with E-state index in [0.717, 1.165) is 0 Å². The van der Waals surface area contributed by atoms with Gasteiger partial charge in [-0.25, -0.2) is 0 Å². The van der Waals surface area contributed by atoms with Gasteiger partial charge in [-0.3, -0.25) is 0 Å². The van der Waals surface area contributed by atoms with Crippen molar-refractivity contribution in [3.05, 3.63) is 23.3 Å². The lowest BCUT2D eigenvalue weighted by Crippen LogP contribution is -2.03. The normalized spacial score (nSPS) is 11.9. The Balaban J connectivity index is 3.55. The summed E-state index contributed by atoms with van der Waals surface area (Å²) in [6, 6.07) is 2.88. The van der Waals surface area contributed by atoms with E-state index in [1.165, 1.54) is 13.2 Å². The molecule has 0 aromatic heterocycles. The van der Waals surface area contributed by atoms with E-state index >= 15 is 0 Å². The van der Waals surface area contributed by atoms with Crippen molar-refractivity contribution in [3.8, 4) is 5.75 Å². The fourth-order valence-corrected chi connectivity index (χ4v) is 2.45. The molecule has 1 aromatic rings. The first-order valence-corrected chi connectivity index (χ1v) is 6.29. The van der Waals surface area contributed by atoms with Crippen LogP contribution in [-0.4, -0.2) is 15.5 Å². The summed E-state index contributed by atoms with van der Waals surface area (Å²) in [5, 5.41) is 0. The van der Waals surface area contributed by atoms with E-state index in [0.29, 0.717) is 16.9 Å². The molecule has 0 aliphatic rings. The fourth-order valence-electron chi connectivity index (χ4n) is 1.56. The molecule has 90 valence electrons. The van der Waals surface area contributed by atoms with Crippen molar-refractivity contribution >= 4 is 10.2 Å². The maximum absolute atomic E-state index is 13.1. The first-order chi connectivity index (χ1) is 7.27. The summed E-state index contributed by atoms with van der Waals surface area (Å²) in [4.78, 5) is -0.263. The number of ether oxygens (including phenoxy) is 1. The SMILES string of the molecule is COc1cc(C(C)C)c(S(=O)(=O)F)cc1C. The smallest absolute Gasteiger partial charge is 0.332 e. The van der Waals surface area contributed by atoms with Gasteiger partial charge in [0.25, 0.3) is 0 Å². The van der Waals surface area contributed by atoms with Crippen LogP contribution in [0.3, 0.4) is 0 Å². The van der Waals surface area contributed by atoms with Crippen LogP contribution in [0, 0.1) is 6.92 Å². The summed E-state index contributed by atoms with van der Waals surface area (Å²) < 4.78 is 40.2. The van der Waals surface area contributed by atoms with Crippen LogP contribution in [0.4, 0.5) is 3.89 Å². The predicted molar refractivity (Wildman–Crippen MR) is 60.1 cm³/mol. The van der Waals surface area contributed by atoms with Crippen LogP contribution in [0.25, 0.3) is 0 Å². The van der Waals surface area contributed by atoms with Gasteiger partial charge in [-0.1, -0.05) is 13.8 Å². The van der Waals surface area contributed by atoms with Crippen LogP contribution in [0.2, 0.25) is 0 Å². The van der Waals surface area contributed by atoms with Crippen molar-refractivity contribution in [2.45, 2.75) is 31.6 Å². The lowest BCUT2D eigenvalue weighted by Gasteiger charge is -2.13. The molecule has 0 unspecified atom stereocenters. The molecule has 16 heavy (non-hydrogen) atoms.